The summed E-state index contributed by atoms with van der Waals surface area (Å²) < 4.78 is 5.64. The second-order valence-electron chi connectivity index (χ2n) is 4.99. The Morgan fingerprint density at radius 1 is 1.28 bits per heavy atom. The van der Waals surface area contributed by atoms with Crippen molar-refractivity contribution in [3.05, 3.63) is 30.3 Å². The highest BCUT2D eigenvalue weighted by Crippen LogP contribution is 2.28. The Bertz CT molecular complexity index is 421. The highest BCUT2D eigenvalue weighted by atomic mass is 16.5. The number of piperidine rings is 1. The first kappa shape index (κ1) is 11.5. The van der Waals surface area contributed by atoms with Gasteiger partial charge in [0.05, 0.1) is 6.10 Å². The lowest BCUT2D eigenvalue weighted by molar-refractivity contribution is 0.0469. The molecule has 2 atom stereocenters. The minimum atomic E-state index is 0.00606. The van der Waals surface area contributed by atoms with Gasteiger partial charge in [0.2, 0.25) is 0 Å². The first-order valence-electron chi connectivity index (χ1n) is 6.55. The van der Waals surface area contributed by atoms with E-state index in [2.05, 4.69) is 5.32 Å². The Balaban J connectivity index is 1.60. The first-order valence-corrected chi connectivity index (χ1v) is 6.55. The fraction of sp³-hybridized carbons (Fsp3) is 0.500. The molecule has 0 aromatic heterocycles. The van der Waals surface area contributed by atoms with Crippen molar-refractivity contribution >= 4 is 11.7 Å². The van der Waals surface area contributed by atoms with Crippen molar-refractivity contribution in [2.24, 2.45) is 5.92 Å². The molecule has 2 fully saturated rings. The van der Waals surface area contributed by atoms with E-state index in [4.69, 9.17) is 4.74 Å². The van der Waals surface area contributed by atoms with Gasteiger partial charge in [0.15, 0.2) is 0 Å². The molecular formula is C14H18N2O2. The SMILES string of the molecule is O=C(Nc1ccccc1)N1CCC2OCCC2C1. The quantitative estimate of drug-likeness (QED) is 0.826. The molecule has 0 saturated carbocycles. The van der Waals surface area contributed by atoms with Crippen molar-refractivity contribution < 1.29 is 9.53 Å². The highest BCUT2D eigenvalue weighted by molar-refractivity contribution is 5.89. The molecule has 1 N–H and O–H groups in total. The van der Waals surface area contributed by atoms with Crippen LogP contribution in [-0.4, -0.2) is 36.7 Å². The lowest BCUT2D eigenvalue weighted by Crippen LogP contribution is -2.46. The summed E-state index contributed by atoms with van der Waals surface area (Å²) in [5, 5.41) is 2.94. The summed E-state index contributed by atoms with van der Waals surface area (Å²) in [6, 6.07) is 9.61. The van der Waals surface area contributed by atoms with Gasteiger partial charge in [0.25, 0.3) is 0 Å². The van der Waals surface area contributed by atoms with Gasteiger partial charge in [-0.15, -0.1) is 0 Å². The molecular weight excluding hydrogens is 228 g/mol. The number of ether oxygens (including phenoxy) is 1. The summed E-state index contributed by atoms with van der Waals surface area (Å²) >= 11 is 0. The minimum absolute atomic E-state index is 0.00606. The van der Waals surface area contributed by atoms with Crippen LogP contribution in [0.2, 0.25) is 0 Å². The normalized spacial score (nSPS) is 26.8. The third-order valence-electron chi connectivity index (χ3n) is 3.80. The van der Waals surface area contributed by atoms with E-state index < -0.39 is 0 Å². The molecule has 0 bridgehead atoms. The van der Waals surface area contributed by atoms with Crippen LogP contribution in [0, 0.1) is 5.92 Å². The first-order chi connectivity index (χ1) is 8.83. The minimum Gasteiger partial charge on any atom is -0.378 e. The van der Waals surface area contributed by atoms with Crippen molar-refractivity contribution in [3.63, 3.8) is 0 Å². The monoisotopic (exact) mass is 246 g/mol. The third-order valence-corrected chi connectivity index (χ3v) is 3.80. The van der Waals surface area contributed by atoms with Crippen LogP contribution in [-0.2, 0) is 4.74 Å². The number of nitrogens with one attached hydrogen (secondary N) is 1. The molecule has 96 valence electrons. The van der Waals surface area contributed by atoms with Gasteiger partial charge in [-0.05, 0) is 25.0 Å². The van der Waals surface area contributed by atoms with Crippen molar-refractivity contribution in [2.75, 3.05) is 25.0 Å². The molecule has 2 saturated heterocycles. The summed E-state index contributed by atoms with van der Waals surface area (Å²) in [5.74, 6) is 0.528. The Morgan fingerprint density at radius 3 is 2.94 bits per heavy atom. The van der Waals surface area contributed by atoms with E-state index in [-0.39, 0.29) is 6.03 Å². The molecule has 0 aliphatic carbocycles. The number of anilines is 1. The lowest BCUT2D eigenvalue weighted by Gasteiger charge is -2.34. The Morgan fingerprint density at radius 2 is 2.11 bits per heavy atom. The average molecular weight is 246 g/mol. The van der Waals surface area contributed by atoms with Crippen molar-refractivity contribution in [2.45, 2.75) is 18.9 Å². The number of carbonyl (C=O) groups is 1. The maximum absolute atomic E-state index is 12.1. The number of amides is 2. The Labute approximate surface area is 107 Å². The predicted molar refractivity (Wildman–Crippen MR) is 69.5 cm³/mol. The number of benzene rings is 1. The van der Waals surface area contributed by atoms with E-state index in [1.54, 1.807) is 0 Å². The number of para-hydroxylation sites is 1. The molecule has 3 rings (SSSR count). The topological polar surface area (TPSA) is 41.6 Å². The number of urea groups is 1. The fourth-order valence-corrected chi connectivity index (χ4v) is 2.79. The number of fused-ring (bicyclic) bond motifs is 1. The number of carbonyl (C=O) groups excluding carboxylic acids is 1. The zero-order chi connectivity index (χ0) is 12.4. The van der Waals surface area contributed by atoms with E-state index in [0.29, 0.717) is 12.0 Å². The van der Waals surface area contributed by atoms with Gasteiger partial charge in [-0.2, -0.15) is 0 Å². The number of hydrogen-bond donors (Lipinski definition) is 1. The van der Waals surface area contributed by atoms with Crippen molar-refractivity contribution in [1.82, 2.24) is 4.90 Å². The molecule has 2 aliphatic heterocycles. The van der Waals surface area contributed by atoms with Crippen LogP contribution in [0.1, 0.15) is 12.8 Å². The van der Waals surface area contributed by atoms with Crippen LogP contribution < -0.4 is 5.32 Å². The molecule has 18 heavy (non-hydrogen) atoms. The van der Waals surface area contributed by atoms with Gasteiger partial charge in [0, 0.05) is 31.3 Å². The van der Waals surface area contributed by atoms with Crippen LogP contribution in [0.15, 0.2) is 30.3 Å². The summed E-state index contributed by atoms with van der Waals surface area (Å²) in [6.07, 6.45) is 2.43. The van der Waals surface area contributed by atoms with Gasteiger partial charge in [-0.25, -0.2) is 4.79 Å². The average Bonchev–Trinajstić information content (AvgIpc) is 2.87. The largest absolute Gasteiger partial charge is 0.378 e. The van der Waals surface area contributed by atoms with Gasteiger partial charge in [-0.1, -0.05) is 18.2 Å². The molecule has 4 heteroatoms. The van der Waals surface area contributed by atoms with E-state index in [1.807, 2.05) is 35.2 Å². The Hall–Kier alpha value is -1.55. The maximum atomic E-state index is 12.1. The lowest BCUT2D eigenvalue weighted by atomic mass is 9.94. The summed E-state index contributed by atoms with van der Waals surface area (Å²) in [4.78, 5) is 14.0. The van der Waals surface area contributed by atoms with Gasteiger partial charge >= 0.3 is 6.03 Å². The third kappa shape index (κ3) is 2.34. The molecule has 2 amide bonds. The van der Waals surface area contributed by atoms with Crippen LogP contribution in [0.3, 0.4) is 0 Å². The second kappa shape index (κ2) is 4.98. The van der Waals surface area contributed by atoms with Gasteiger partial charge in [0.1, 0.15) is 0 Å². The summed E-state index contributed by atoms with van der Waals surface area (Å²) in [7, 11) is 0. The number of likely N-dealkylation sites (tertiary alicyclic amines) is 1. The van der Waals surface area contributed by atoms with Crippen molar-refractivity contribution in [3.8, 4) is 0 Å². The van der Waals surface area contributed by atoms with E-state index in [0.717, 1.165) is 38.2 Å². The molecule has 4 nitrogen and oxygen atoms in total. The molecule has 2 unspecified atom stereocenters. The van der Waals surface area contributed by atoms with E-state index >= 15 is 0 Å². The second-order valence-corrected chi connectivity index (χ2v) is 4.99. The molecule has 1 aromatic carbocycles. The zero-order valence-corrected chi connectivity index (χ0v) is 10.3. The van der Waals surface area contributed by atoms with Crippen LogP contribution in [0.4, 0.5) is 10.5 Å². The standard InChI is InChI=1S/C14H18N2O2/c17-14(15-12-4-2-1-3-5-12)16-8-6-13-11(10-16)7-9-18-13/h1-5,11,13H,6-10H2,(H,15,17). The smallest absolute Gasteiger partial charge is 0.321 e. The van der Waals surface area contributed by atoms with Crippen LogP contribution in [0.25, 0.3) is 0 Å². The van der Waals surface area contributed by atoms with E-state index in [1.165, 1.54) is 0 Å². The fourth-order valence-electron chi connectivity index (χ4n) is 2.79. The summed E-state index contributed by atoms with van der Waals surface area (Å²) in [5.41, 5.74) is 0.854. The predicted octanol–water partition coefficient (Wildman–Crippen LogP) is 2.33. The molecule has 2 aliphatic rings. The zero-order valence-electron chi connectivity index (χ0n) is 10.3. The molecule has 0 radical (unpaired) electrons. The van der Waals surface area contributed by atoms with Gasteiger partial charge in [-0.3, -0.25) is 0 Å². The molecule has 0 spiro atoms. The molecule has 2 heterocycles. The molecule has 1 aromatic rings. The van der Waals surface area contributed by atoms with E-state index in [9.17, 15) is 4.79 Å². The highest BCUT2D eigenvalue weighted by Gasteiger charge is 2.35. The summed E-state index contributed by atoms with van der Waals surface area (Å²) in [6.45, 7) is 2.46. The maximum Gasteiger partial charge on any atom is 0.321 e. The van der Waals surface area contributed by atoms with Crippen molar-refractivity contribution in [1.29, 1.82) is 0 Å². The van der Waals surface area contributed by atoms with Crippen LogP contribution in [0.5, 0.6) is 0 Å². The Kier molecular flexibility index (Phi) is 3.19. The number of rotatable bonds is 1. The van der Waals surface area contributed by atoms with Crippen LogP contribution >= 0.6 is 0 Å². The van der Waals surface area contributed by atoms with Gasteiger partial charge < -0.3 is 15.0 Å². The number of hydrogen-bond acceptors (Lipinski definition) is 2. The number of nitrogens with zero attached hydrogens (tertiary/aromatic N) is 1.